The highest BCUT2D eigenvalue weighted by molar-refractivity contribution is 6.30. The zero-order chi connectivity index (χ0) is 22.9. The number of morpholine rings is 1. The molecule has 3 rings (SSSR count). The lowest BCUT2D eigenvalue weighted by Crippen LogP contribution is -2.38. The van der Waals surface area contributed by atoms with Gasteiger partial charge in [0, 0.05) is 36.3 Å². The SMILES string of the molecule is O=C(NCCCN1CCOCC1)c1cc(-c2ccc(Cl)cc2)on1.O=C(O)C(F)(F)F. The maximum atomic E-state index is 12.1. The number of nitrogens with zero attached hydrogens (tertiary/aromatic N) is 2. The molecule has 1 aromatic heterocycles. The minimum Gasteiger partial charge on any atom is -0.475 e. The van der Waals surface area contributed by atoms with Crippen molar-refractivity contribution in [3.63, 3.8) is 0 Å². The molecule has 0 spiro atoms. The number of alkyl halides is 3. The summed E-state index contributed by atoms with van der Waals surface area (Å²) >= 11 is 5.86. The van der Waals surface area contributed by atoms with Gasteiger partial charge in [0.25, 0.3) is 5.91 Å². The van der Waals surface area contributed by atoms with Gasteiger partial charge < -0.3 is 19.7 Å². The number of benzene rings is 1. The van der Waals surface area contributed by atoms with Crippen LogP contribution < -0.4 is 5.32 Å². The zero-order valence-corrected chi connectivity index (χ0v) is 17.1. The number of hydrogen-bond donors (Lipinski definition) is 2. The predicted molar refractivity (Wildman–Crippen MR) is 105 cm³/mol. The third-order valence-corrected chi connectivity index (χ3v) is 4.41. The number of halogens is 4. The van der Waals surface area contributed by atoms with E-state index in [2.05, 4.69) is 15.4 Å². The summed E-state index contributed by atoms with van der Waals surface area (Å²) < 4.78 is 42.3. The van der Waals surface area contributed by atoms with E-state index in [0.29, 0.717) is 17.3 Å². The summed E-state index contributed by atoms with van der Waals surface area (Å²) in [5, 5.41) is 14.5. The van der Waals surface area contributed by atoms with Crippen molar-refractivity contribution in [3.05, 3.63) is 41.0 Å². The topological polar surface area (TPSA) is 105 Å². The minimum atomic E-state index is -5.08. The summed E-state index contributed by atoms with van der Waals surface area (Å²) in [5.74, 6) is -2.43. The Hall–Kier alpha value is -2.63. The van der Waals surface area contributed by atoms with E-state index >= 15 is 0 Å². The quantitative estimate of drug-likeness (QED) is 0.634. The summed E-state index contributed by atoms with van der Waals surface area (Å²) in [5.41, 5.74) is 1.12. The second-order valence-electron chi connectivity index (χ2n) is 6.45. The first-order valence-electron chi connectivity index (χ1n) is 9.28. The number of carboxylic acid groups (broad SMARTS) is 1. The smallest absolute Gasteiger partial charge is 0.475 e. The van der Waals surface area contributed by atoms with Gasteiger partial charge in [-0.3, -0.25) is 9.69 Å². The van der Waals surface area contributed by atoms with Crippen LogP contribution >= 0.6 is 11.6 Å². The summed E-state index contributed by atoms with van der Waals surface area (Å²) in [7, 11) is 0. The van der Waals surface area contributed by atoms with Crippen LogP contribution in [0, 0.1) is 0 Å². The molecule has 12 heteroatoms. The van der Waals surface area contributed by atoms with Crippen LogP contribution in [0.5, 0.6) is 0 Å². The third kappa shape index (κ3) is 8.56. The van der Waals surface area contributed by atoms with E-state index in [4.69, 9.17) is 30.8 Å². The number of carboxylic acids is 1. The van der Waals surface area contributed by atoms with E-state index in [9.17, 15) is 18.0 Å². The monoisotopic (exact) mass is 463 g/mol. The lowest BCUT2D eigenvalue weighted by Gasteiger charge is -2.26. The van der Waals surface area contributed by atoms with Gasteiger partial charge in [0.15, 0.2) is 11.5 Å². The van der Waals surface area contributed by atoms with E-state index < -0.39 is 12.1 Å². The van der Waals surface area contributed by atoms with Crippen molar-refractivity contribution < 1.29 is 37.1 Å². The molecule has 2 heterocycles. The predicted octanol–water partition coefficient (Wildman–Crippen LogP) is 3.08. The number of hydrogen-bond acceptors (Lipinski definition) is 6. The molecular formula is C19H21ClF3N3O5. The van der Waals surface area contributed by atoms with Gasteiger partial charge in [0.1, 0.15) is 0 Å². The second-order valence-corrected chi connectivity index (χ2v) is 6.89. The molecule has 1 amide bonds. The molecule has 170 valence electrons. The number of ether oxygens (including phenoxy) is 1. The van der Waals surface area contributed by atoms with Crippen LogP contribution in [-0.4, -0.2) is 72.6 Å². The van der Waals surface area contributed by atoms with Crippen LogP contribution in [0.1, 0.15) is 16.9 Å². The van der Waals surface area contributed by atoms with Crippen molar-refractivity contribution in [2.75, 3.05) is 39.4 Å². The van der Waals surface area contributed by atoms with Gasteiger partial charge in [-0.15, -0.1) is 0 Å². The highest BCUT2D eigenvalue weighted by Gasteiger charge is 2.38. The summed E-state index contributed by atoms with van der Waals surface area (Å²) in [4.78, 5) is 23.3. The van der Waals surface area contributed by atoms with E-state index in [1.807, 2.05) is 12.1 Å². The zero-order valence-electron chi connectivity index (χ0n) is 16.3. The standard InChI is InChI=1S/C17H20ClN3O3.C2HF3O2/c18-14-4-2-13(3-5-14)16-12-15(20-24-16)17(22)19-6-1-7-21-8-10-23-11-9-21;3-2(4,5)1(6)7/h2-5,12H,1,6-11H2,(H,19,22);(H,6,7). The van der Waals surface area contributed by atoms with Gasteiger partial charge in [0.2, 0.25) is 0 Å². The number of rotatable bonds is 6. The van der Waals surface area contributed by atoms with E-state index in [0.717, 1.165) is 44.8 Å². The van der Waals surface area contributed by atoms with Crippen molar-refractivity contribution in [1.82, 2.24) is 15.4 Å². The summed E-state index contributed by atoms with van der Waals surface area (Å²) in [6.07, 6.45) is -4.19. The van der Waals surface area contributed by atoms with Gasteiger partial charge in [-0.1, -0.05) is 16.8 Å². The first-order valence-corrected chi connectivity index (χ1v) is 9.65. The number of carbonyl (C=O) groups is 2. The Balaban J connectivity index is 0.000000423. The van der Waals surface area contributed by atoms with Crippen molar-refractivity contribution in [2.45, 2.75) is 12.6 Å². The highest BCUT2D eigenvalue weighted by Crippen LogP contribution is 2.22. The molecule has 0 atom stereocenters. The molecule has 2 aromatic rings. The van der Waals surface area contributed by atoms with Crippen molar-refractivity contribution in [3.8, 4) is 11.3 Å². The second kappa shape index (κ2) is 11.7. The Morgan fingerprint density at radius 2 is 1.81 bits per heavy atom. The molecule has 0 unspecified atom stereocenters. The Kier molecular flexibility index (Phi) is 9.28. The average Bonchev–Trinajstić information content (AvgIpc) is 3.22. The van der Waals surface area contributed by atoms with E-state index in [-0.39, 0.29) is 11.6 Å². The first-order chi connectivity index (χ1) is 14.7. The third-order valence-electron chi connectivity index (χ3n) is 4.15. The van der Waals surface area contributed by atoms with Crippen LogP contribution in [0.15, 0.2) is 34.9 Å². The Morgan fingerprint density at radius 3 is 2.39 bits per heavy atom. The first kappa shape index (κ1) is 24.6. The number of amides is 1. The fourth-order valence-electron chi connectivity index (χ4n) is 2.55. The lowest BCUT2D eigenvalue weighted by molar-refractivity contribution is -0.192. The molecule has 1 fully saturated rings. The normalized spacial score (nSPS) is 14.5. The molecule has 2 N–H and O–H groups in total. The Labute approximate surface area is 180 Å². The van der Waals surface area contributed by atoms with Crippen LogP contribution in [0.25, 0.3) is 11.3 Å². The fourth-order valence-corrected chi connectivity index (χ4v) is 2.68. The molecule has 1 saturated heterocycles. The van der Waals surface area contributed by atoms with Crippen LogP contribution in [0.4, 0.5) is 13.2 Å². The van der Waals surface area contributed by atoms with Gasteiger partial charge in [-0.05, 0) is 37.2 Å². The number of aliphatic carboxylic acids is 1. The molecule has 1 aromatic carbocycles. The van der Waals surface area contributed by atoms with E-state index in [1.165, 1.54) is 0 Å². The van der Waals surface area contributed by atoms with Crippen LogP contribution in [-0.2, 0) is 9.53 Å². The van der Waals surface area contributed by atoms with Gasteiger partial charge in [-0.2, -0.15) is 13.2 Å². The summed E-state index contributed by atoms with van der Waals surface area (Å²) in [6, 6.07) is 8.83. The van der Waals surface area contributed by atoms with Gasteiger partial charge in [-0.25, -0.2) is 4.79 Å². The maximum Gasteiger partial charge on any atom is 0.490 e. The van der Waals surface area contributed by atoms with Crippen molar-refractivity contribution >= 4 is 23.5 Å². The van der Waals surface area contributed by atoms with Crippen molar-refractivity contribution in [1.29, 1.82) is 0 Å². The highest BCUT2D eigenvalue weighted by atomic mass is 35.5. The van der Waals surface area contributed by atoms with Crippen molar-refractivity contribution in [2.24, 2.45) is 0 Å². The Bertz CT molecular complexity index is 852. The molecule has 8 nitrogen and oxygen atoms in total. The molecule has 0 aliphatic carbocycles. The maximum absolute atomic E-state index is 12.1. The number of nitrogens with one attached hydrogen (secondary N) is 1. The average molecular weight is 464 g/mol. The molecule has 0 bridgehead atoms. The minimum absolute atomic E-state index is 0.221. The molecule has 0 radical (unpaired) electrons. The lowest BCUT2D eigenvalue weighted by atomic mass is 10.1. The number of aromatic nitrogens is 1. The van der Waals surface area contributed by atoms with Crippen LogP contribution in [0.2, 0.25) is 5.02 Å². The van der Waals surface area contributed by atoms with Crippen LogP contribution in [0.3, 0.4) is 0 Å². The molecule has 1 aliphatic heterocycles. The molecular weight excluding hydrogens is 443 g/mol. The molecule has 0 saturated carbocycles. The molecule has 31 heavy (non-hydrogen) atoms. The summed E-state index contributed by atoms with van der Waals surface area (Å²) in [6.45, 7) is 5.07. The number of carbonyl (C=O) groups excluding carboxylic acids is 1. The fraction of sp³-hybridized carbons (Fsp3) is 0.421. The molecule has 1 aliphatic rings. The largest absolute Gasteiger partial charge is 0.490 e. The van der Waals surface area contributed by atoms with Gasteiger partial charge >= 0.3 is 12.1 Å². The van der Waals surface area contributed by atoms with E-state index in [1.54, 1.807) is 18.2 Å². The Morgan fingerprint density at radius 1 is 1.19 bits per heavy atom. The van der Waals surface area contributed by atoms with Gasteiger partial charge in [0.05, 0.1) is 13.2 Å².